The predicted octanol–water partition coefficient (Wildman–Crippen LogP) is 12.8. The Morgan fingerprint density at radius 3 is 1.11 bits per heavy atom. The van der Waals surface area contributed by atoms with Crippen molar-refractivity contribution < 1.29 is 19.8 Å². The van der Waals surface area contributed by atoms with Gasteiger partial charge in [0.15, 0.2) is 0 Å². The number of rotatable bonds is 5. The summed E-state index contributed by atoms with van der Waals surface area (Å²) >= 11 is 0. The second-order valence-corrected chi connectivity index (χ2v) is 19.2. The highest BCUT2D eigenvalue weighted by molar-refractivity contribution is 6.18. The number of fused-ring (bicyclic) bond motifs is 2. The smallest absolute Gasteiger partial charge is 0.259 e. The first-order valence-corrected chi connectivity index (χ1v) is 19.4. The van der Waals surface area contributed by atoms with Crippen molar-refractivity contribution in [2.24, 2.45) is 0 Å². The molecule has 0 fully saturated rings. The van der Waals surface area contributed by atoms with Gasteiger partial charge in [-0.15, -0.1) is 0 Å². The van der Waals surface area contributed by atoms with Gasteiger partial charge in [-0.2, -0.15) is 0 Å². The number of carbonyl (C=O) groups is 2. The van der Waals surface area contributed by atoms with E-state index in [1.54, 1.807) is 12.1 Å². The molecule has 0 atom stereocenters. The SMILES string of the molecule is CC(C)(C)c1cc(C(=O)Nc2c(-c3ccc4ccccc4c3NC(=O)c3cc(C(C)(C)C)cc(C(C)(C)C)c3O)ccc3ccccc23)c(O)c(C(C)(C)C)c1. The van der Waals surface area contributed by atoms with Gasteiger partial charge in [-0.05, 0) is 55.7 Å². The summed E-state index contributed by atoms with van der Waals surface area (Å²) in [6, 6.07) is 31.2. The Kier molecular flexibility index (Phi) is 10.1. The maximum Gasteiger partial charge on any atom is 0.259 e. The number of phenols is 2. The fourth-order valence-electron chi connectivity index (χ4n) is 7.25. The van der Waals surface area contributed by atoms with Gasteiger partial charge in [0.1, 0.15) is 11.5 Å². The minimum Gasteiger partial charge on any atom is -0.507 e. The molecule has 4 N–H and O–H groups in total. The van der Waals surface area contributed by atoms with E-state index in [1.165, 1.54) is 0 Å². The molecule has 0 aliphatic heterocycles. The number of phenolic OH excluding ortho intramolecular Hbond substituents is 2. The fourth-order valence-corrected chi connectivity index (χ4v) is 7.25. The molecular weight excluding hydrogens is 693 g/mol. The maximum absolute atomic E-state index is 14.6. The third kappa shape index (κ3) is 7.75. The molecule has 0 aliphatic rings. The first-order valence-electron chi connectivity index (χ1n) is 19.4. The molecule has 0 saturated heterocycles. The van der Waals surface area contributed by atoms with Crippen molar-refractivity contribution in [3.05, 3.63) is 130 Å². The molecule has 0 bridgehead atoms. The van der Waals surface area contributed by atoms with E-state index in [4.69, 9.17) is 0 Å². The van der Waals surface area contributed by atoms with E-state index in [-0.39, 0.29) is 33.5 Å². The molecule has 290 valence electrons. The highest BCUT2D eigenvalue weighted by atomic mass is 16.3. The van der Waals surface area contributed by atoms with Gasteiger partial charge in [-0.25, -0.2) is 0 Å². The Labute approximate surface area is 332 Å². The Balaban J connectivity index is 1.56. The van der Waals surface area contributed by atoms with Crippen LogP contribution in [0.1, 0.15) is 126 Å². The molecule has 6 heteroatoms. The second kappa shape index (κ2) is 14.1. The van der Waals surface area contributed by atoms with E-state index >= 15 is 0 Å². The molecule has 2 amide bonds. The van der Waals surface area contributed by atoms with Crippen LogP contribution in [-0.2, 0) is 21.7 Å². The molecule has 0 unspecified atom stereocenters. The number of nitrogens with one attached hydrogen (secondary N) is 2. The predicted molar refractivity (Wildman–Crippen MR) is 234 cm³/mol. The second-order valence-electron chi connectivity index (χ2n) is 19.2. The fraction of sp³-hybridized carbons (Fsp3) is 0.320. The summed E-state index contributed by atoms with van der Waals surface area (Å²) in [6.07, 6.45) is 0. The van der Waals surface area contributed by atoms with Crippen molar-refractivity contribution >= 4 is 44.7 Å². The van der Waals surface area contributed by atoms with E-state index in [2.05, 4.69) is 52.2 Å². The normalized spacial score (nSPS) is 12.6. The number of hydrogen-bond donors (Lipinski definition) is 4. The summed E-state index contributed by atoms with van der Waals surface area (Å²) in [5.41, 5.74) is 4.72. The van der Waals surface area contributed by atoms with Crippen LogP contribution in [0.25, 0.3) is 32.7 Å². The molecule has 0 radical (unpaired) electrons. The summed E-state index contributed by atoms with van der Waals surface area (Å²) in [6.45, 7) is 24.7. The van der Waals surface area contributed by atoms with E-state index < -0.39 is 22.6 Å². The van der Waals surface area contributed by atoms with Crippen LogP contribution in [0.15, 0.2) is 97.1 Å². The zero-order valence-corrected chi connectivity index (χ0v) is 34.9. The molecule has 0 saturated carbocycles. The third-order valence-electron chi connectivity index (χ3n) is 10.7. The zero-order chi connectivity index (χ0) is 41.1. The minimum absolute atomic E-state index is 0.0460. The standard InChI is InChI=1S/C50H56N2O4/c1-47(2,3)31-25-37(43(53)39(27-31)49(7,8)9)45(55)51-41-33-19-15-13-17-29(33)21-23-35(41)36-24-22-30-18-14-16-20-34(30)42(36)52-46(56)38-26-32(48(4,5)6)28-40(44(38)54)50(10,11)12/h13-28,53-54H,1-12H3,(H,51,55)(H,52,56). The van der Waals surface area contributed by atoms with Crippen LogP contribution in [0.4, 0.5) is 11.4 Å². The van der Waals surface area contributed by atoms with Gasteiger partial charge < -0.3 is 20.8 Å². The van der Waals surface area contributed by atoms with E-state index in [1.807, 2.05) is 126 Å². The van der Waals surface area contributed by atoms with E-state index in [0.717, 1.165) is 32.7 Å². The van der Waals surface area contributed by atoms with E-state index in [0.29, 0.717) is 33.6 Å². The lowest BCUT2D eigenvalue weighted by molar-refractivity contribution is 0.101. The number of anilines is 2. The number of carbonyl (C=O) groups excluding carboxylic acids is 2. The molecular formula is C50H56N2O4. The van der Waals surface area contributed by atoms with Gasteiger partial charge >= 0.3 is 0 Å². The van der Waals surface area contributed by atoms with Gasteiger partial charge in [0, 0.05) is 33.0 Å². The molecule has 6 rings (SSSR count). The van der Waals surface area contributed by atoms with Crippen LogP contribution in [0.2, 0.25) is 0 Å². The Morgan fingerprint density at radius 1 is 0.446 bits per heavy atom. The number of amides is 2. The summed E-state index contributed by atoms with van der Waals surface area (Å²) < 4.78 is 0. The van der Waals surface area contributed by atoms with Gasteiger partial charge in [0.25, 0.3) is 11.8 Å². The van der Waals surface area contributed by atoms with Gasteiger partial charge in [0.05, 0.1) is 22.5 Å². The van der Waals surface area contributed by atoms with Crippen LogP contribution in [-0.4, -0.2) is 22.0 Å². The summed E-state index contributed by atoms with van der Waals surface area (Å²) in [7, 11) is 0. The largest absolute Gasteiger partial charge is 0.507 e. The highest BCUT2D eigenvalue weighted by Gasteiger charge is 2.30. The van der Waals surface area contributed by atoms with Gasteiger partial charge in [-0.3, -0.25) is 9.59 Å². The van der Waals surface area contributed by atoms with Crippen LogP contribution in [0.3, 0.4) is 0 Å². The van der Waals surface area contributed by atoms with Gasteiger partial charge in [0.2, 0.25) is 0 Å². The number of hydrogen-bond acceptors (Lipinski definition) is 4. The van der Waals surface area contributed by atoms with Crippen molar-refractivity contribution in [1.82, 2.24) is 0 Å². The summed E-state index contributed by atoms with van der Waals surface area (Å²) in [5.74, 6) is -0.978. The molecule has 56 heavy (non-hydrogen) atoms. The van der Waals surface area contributed by atoms with Crippen molar-refractivity contribution in [3.63, 3.8) is 0 Å². The molecule has 0 aliphatic carbocycles. The lowest BCUT2D eigenvalue weighted by atomic mass is 9.78. The van der Waals surface area contributed by atoms with Crippen LogP contribution in [0, 0.1) is 0 Å². The lowest BCUT2D eigenvalue weighted by Crippen LogP contribution is -2.21. The topological polar surface area (TPSA) is 98.7 Å². The first kappa shape index (κ1) is 40.1. The Bertz CT molecular complexity index is 2340. The molecule has 0 heterocycles. The van der Waals surface area contributed by atoms with E-state index in [9.17, 15) is 19.8 Å². The van der Waals surface area contributed by atoms with Crippen LogP contribution >= 0.6 is 0 Å². The van der Waals surface area contributed by atoms with Crippen LogP contribution in [0.5, 0.6) is 11.5 Å². The Hall–Kier alpha value is -5.62. The molecule has 6 aromatic carbocycles. The molecule has 6 nitrogen and oxygen atoms in total. The number of benzene rings is 6. The van der Waals surface area contributed by atoms with Gasteiger partial charge in [-0.1, -0.05) is 168 Å². The van der Waals surface area contributed by atoms with Crippen molar-refractivity contribution in [2.75, 3.05) is 10.6 Å². The average molecular weight is 749 g/mol. The van der Waals surface area contributed by atoms with Crippen LogP contribution < -0.4 is 10.6 Å². The molecule has 0 aromatic heterocycles. The number of aromatic hydroxyl groups is 2. The Morgan fingerprint density at radius 2 is 0.786 bits per heavy atom. The molecule has 0 spiro atoms. The maximum atomic E-state index is 14.6. The minimum atomic E-state index is -0.443. The quantitative estimate of drug-likeness (QED) is 0.141. The summed E-state index contributed by atoms with van der Waals surface area (Å²) in [5, 5.41) is 33.2. The van der Waals surface area contributed by atoms with Crippen molar-refractivity contribution in [1.29, 1.82) is 0 Å². The van der Waals surface area contributed by atoms with Crippen molar-refractivity contribution in [3.8, 4) is 22.6 Å². The first-order chi connectivity index (χ1) is 26.0. The third-order valence-corrected chi connectivity index (χ3v) is 10.7. The zero-order valence-electron chi connectivity index (χ0n) is 34.9. The molecule has 6 aromatic rings. The average Bonchev–Trinajstić information content (AvgIpc) is 3.10. The van der Waals surface area contributed by atoms with Crippen molar-refractivity contribution in [2.45, 2.75) is 105 Å². The lowest BCUT2D eigenvalue weighted by Gasteiger charge is -2.27. The summed E-state index contributed by atoms with van der Waals surface area (Å²) in [4.78, 5) is 29.2. The highest BCUT2D eigenvalue weighted by Crippen LogP contribution is 2.44. The monoisotopic (exact) mass is 748 g/mol.